The van der Waals surface area contributed by atoms with E-state index in [9.17, 15) is 4.39 Å². The van der Waals surface area contributed by atoms with Crippen LogP contribution in [0.1, 0.15) is 31.0 Å². The van der Waals surface area contributed by atoms with Crippen LogP contribution in [0.5, 0.6) is 0 Å². The van der Waals surface area contributed by atoms with Crippen LogP contribution in [-0.2, 0) is 0 Å². The van der Waals surface area contributed by atoms with E-state index in [2.05, 4.69) is 0 Å². The second-order valence-electron chi connectivity index (χ2n) is 3.62. The topological polar surface area (TPSA) is 49.8 Å². The van der Waals surface area contributed by atoms with Crippen LogP contribution in [-0.4, -0.2) is 0 Å². The molecule has 0 aliphatic heterocycles. The third-order valence-corrected chi connectivity index (χ3v) is 2.20. The molecule has 0 spiro atoms. The van der Waals surface area contributed by atoms with Crippen molar-refractivity contribution < 1.29 is 4.39 Å². The molecule has 0 unspecified atom stereocenters. The van der Waals surface area contributed by atoms with E-state index in [1.165, 1.54) is 18.2 Å². The van der Waals surface area contributed by atoms with Crippen molar-refractivity contribution in [1.82, 2.24) is 0 Å². The van der Waals surface area contributed by atoms with E-state index in [4.69, 9.17) is 11.0 Å². The Morgan fingerprint density at radius 3 is 2.57 bits per heavy atom. The standard InChI is InChI=1S/C11H13FN2/c1-7(2)11(14)9-5-8(6-13)3-4-10(9)12/h3-5,7,11H,14H2,1-2H3/t11-/m1/s1. The molecule has 0 heterocycles. The Morgan fingerprint density at radius 2 is 2.07 bits per heavy atom. The van der Waals surface area contributed by atoms with E-state index in [1.54, 1.807) is 0 Å². The molecule has 74 valence electrons. The van der Waals surface area contributed by atoms with Gasteiger partial charge in [-0.25, -0.2) is 4.39 Å². The summed E-state index contributed by atoms with van der Waals surface area (Å²) < 4.78 is 13.3. The van der Waals surface area contributed by atoms with E-state index in [-0.39, 0.29) is 17.8 Å². The first-order valence-corrected chi connectivity index (χ1v) is 4.51. The lowest BCUT2D eigenvalue weighted by Crippen LogP contribution is -2.18. The highest BCUT2D eigenvalue weighted by Gasteiger charge is 2.15. The molecule has 2 N–H and O–H groups in total. The first-order valence-electron chi connectivity index (χ1n) is 4.51. The van der Waals surface area contributed by atoms with Crippen molar-refractivity contribution in [3.8, 4) is 6.07 Å². The second-order valence-corrected chi connectivity index (χ2v) is 3.62. The van der Waals surface area contributed by atoms with Gasteiger partial charge in [0.2, 0.25) is 0 Å². The molecule has 0 aliphatic carbocycles. The minimum Gasteiger partial charge on any atom is -0.324 e. The van der Waals surface area contributed by atoms with Gasteiger partial charge < -0.3 is 5.73 Å². The maximum absolute atomic E-state index is 13.3. The molecule has 1 atom stereocenters. The average molecular weight is 192 g/mol. The first-order chi connectivity index (χ1) is 6.56. The zero-order valence-corrected chi connectivity index (χ0v) is 8.29. The minimum atomic E-state index is -0.358. The molecule has 1 aromatic rings. The van der Waals surface area contributed by atoms with Crippen LogP contribution in [0.15, 0.2) is 18.2 Å². The summed E-state index contributed by atoms with van der Waals surface area (Å²) in [6.45, 7) is 3.84. The quantitative estimate of drug-likeness (QED) is 0.781. The Labute approximate surface area is 83.2 Å². The molecule has 0 aromatic heterocycles. The molecule has 3 heteroatoms. The number of nitrogens with two attached hydrogens (primary N) is 1. The Kier molecular flexibility index (Phi) is 3.21. The molecule has 1 rings (SSSR count). The summed E-state index contributed by atoms with van der Waals surface area (Å²) in [5, 5.41) is 8.66. The molecule has 0 saturated heterocycles. The molecule has 1 aromatic carbocycles. The van der Waals surface area contributed by atoms with Gasteiger partial charge in [0.15, 0.2) is 0 Å². The van der Waals surface area contributed by atoms with Crippen molar-refractivity contribution in [2.75, 3.05) is 0 Å². The molecule has 2 nitrogen and oxygen atoms in total. The van der Waals surface area contributed by atoms with Crippen LogP contribution in [0.2, 0.25) is 0 Å². The summed E-state index contributed by atoms with van der Waals surface area (Å²) >= 11 is 0. The zero-order valence-electron chi connectivity index (χ0n) is 8.29. The van der Waals surface area contributed by atoms with Gasteiger partial charge in [-0.05, 0) is 24.1 Å². The summed E-state index contributed by atoms with van der Waals surface area (Å²) in [5.74, 6) is -0.191. The Balaban J connectivity index is 3.13. The summed E-state index contributed by atoms with van der Waals surface area (Å²) in [6, 6.07) is 5.86. The van der Waals surface area contributed by atoms with Crippen LogP contribution >= 0.6 is 0 Å². The maximum atomic E-state index is 13.3. The zero-order chi connectivity index (χ0) is 10.7. The number of hydrogen-bond donors (Lipinski definition) is 1. The van der Waals surface area contributed by atoms with E-state index in [0.29, 0.717) is 11.1 Å². The van der Waals surface area contributed by atoms with Crippen LogP contribution in [0.4, 0.5) is 4.39 Å². The van der Waals surface area contributed by atoms with Crippen molar-refractivity contribution in [2.24, 2.45) is 11.7 Å². The molecular weight excluding hydrogens is 179 g/mol. The summed E-state index contributed by atoms with van der Waals surface area (Å²) in [4.78, 5) is 0. The highest BCUT2D eigenvalue weighted by molar-refractivity contribution is 5.35. The van der Waals surface area contributed by atoms with Crippen molar-refractivity contribution >= 4 is 0 Å². The normalized spacial score (nSPS) is 12.6. The van der Waals surface area contributed by atoms with Crippen LogP contribution in [0, 0.1) is 23.1 Å². The number of nitriles is 1. The van der Waals surface area contributed by atoms with Crippen LogP contribution in [0.3, 0.4) is 0 Å². The van der Waals surface area contributed by atoms with E-state index in [1.807, 2.05) is 19.9 Å². The Bertz CT molecular complexity index is 366. The van der Waals surface area contributed by atoms with Gasteiger partial charge in [-0.1, -0.05) is 13.8 Å². The minimum absolute atomic E-state index is 0.151. The van der Waals surface area contributed by atoms with E-state index in [0.717, 1.165) is 0 Å². The molecule has 0 amide bonds. The first kappa shape index (κ1) is 10.7. The smallest absolute Gasteiger partial charge is 0.128 e. The second kappa shape index (κ2) is 4.21. The Morgan fingerprint density at radius 1 is 1.43 bits per heavy atom. The number of rotatable bonds is 2. The van der Waals surface area contributed by atoms with Gasteiger partial charge in [0, 0.05) is 11.6 Å². The predicted octanol–water partition coefficient (Wildman–Crippen LogP) is 2.35. The average Bonchev–Trinajstić information content (AvgIpc) is 2.17. The lowest BCUT2D eigenvalue weighted by Gasteiger charge is -2.16. The third-order valence-electron chi connectivity index (χ3n) is 2.20. The predicted molar refractivity (Wildman–Crippen MR) is 52.9 cm³/mol. The van der Waals surface area contributed by atoms with Gasteiger partial charge in [-0.3, -0.25) is 0 Å². The van der Waals surface area contributed by atoms with Gasteiger partial charge in [-0.15, -0.1) is 0 Å². The van der Waals surface area contributed by atoms with Gasteiger partial charge in [0.25, 0.3) is 0 Å². The van der Waals surface area contributed by atoms with Crippen molar-refractivity contribution in [3.63, 3.8) is 0 Å². The van der Waals surface area contributed by atoms with E-state index < -0.39 is 0 Å². The lowest BCUT2D eigenvalue weighted by molar-refractivity contribution is 0.485. The van der Waals surface area contributed by atoms with Crippen LogP contribution < -0.4 is 5.73 Å². The highest BCUT2D eigenvalue weighted by atomic mass is 19.1. The molecule has 0 aliphatic rings. The van der Waals surface area contributed by atoms with Crippen molar-refractivity contribution in [1.29, 1.82) is 5.26 Å². The molecule has 0 saturated carbocycles. The molecule has 0 bridgehead atoms. The highest BCUT2D eigenvalue weighted by Crippen LogP contribution is 2.22. The number of nitrogens with zero attached hydrogens (tertiary/aromatic N) is 1. The molecule has 14 heavy (non-hydrogen) atoms. The SMILES string of the molecule is CC(C)[C@@H](N)c1cc(C#N)ccc1F. The molecule has 0 fully saturated rings. The van der Waals surface area contributed by atoms with Crippen molar-refractivity contribution in [2.45, 2.75) is 19.9 Å². The van der Waals surface area contributed by atoms with Gasteiger partial charge in [0.1, 0.15) is 5.82 Å². The van der Waals surface area contributed by atoms with Crippen LogP contribution in [0.25, 0.3) is 0 Å². The monoisotopic (exact) mass is 192 g/mol. The number of benzene rings is 1. The third kappa shape index (κ3) is 2.09. The summed E-state index contributed by atoms with van der Waals surface area (Å²) in [6.07, 6.45) is 0. The summed E-state index contributed by atoms with van der Waals surface area (Å²) in [5.41, 5.74) is 6.67. The van der Waals surface area contributed by atoms with Gasteiger partial charge >= 0.3 is 0 Å². The molecule has 0 radical (unpaired) electrons. The fourth-order valence-corrected chi connectivity index (χ4v) is 1.23. The summed E-state index contributed by atoms with van der Waals surface area (Å²) in [7, 11) is 0. The fraction of sp³-hybridized carbons (Fsp3) is 0.364. The number of hydrogen-bond acceptors (Lipinski definition) is 2. The largest absolute Gasteiger partial charge is 0.324 e. The number of halogens is 1. The fourth-order valence-electron chi connectivity index (χ4n) is 1.23. The van der Waals surface area contributed by atoms with E-state index >= 15 is 0 Å². The van der Waals surface area contributed by atoms with Crippen molar-refractivity contribution in [3.05, 3.63) is 35.1 Å². The lowest BCUT2D eigenvalue weighted by atomic mass is 9.95. The maximum Gasteiger partial charge on any atom is 0.128 e. The Hall–Kier alpha value is -1.40. The van der Waals surface area contributed by atoms with Gasteiger partial charge in [0.05, 0.1) is 11.6 Å². The molecular formula is C11H13FN2. The van der Waals surface area contributed by atoms with Gasteiger partial charge in [-0.2, -0.15) is 5.26 Å².